The quantitative estimate of drug-likeness (QED) is 0.434. The normalized spacial score (nSPS) is 15.1. The summed E-state index contributed by atoms with van der Waals surface area (Å²) < 4.78 is 28.0. The third-order valence-corrected chi connectivity index (χ3v) is 9.86. The average molecular weight is 496 g/mol. The standard InChI is InChI=1S/C20H21N3O4S4/c1-28-19-15(11-17(30-19)18(24)25)16-12-29-20(22-16)21-13-5-7-14(8-6-13)31(26,27)23-9-3-2-4-10-23/h5-8,11-12H,2-4,9-10H2,1H3,(H,21,22)(H,24,25). The van der Waals surface area contributed by atoms with E-state index in [2.05, 4.69) is 10.3 Å². The Morgan fingerprint density at radius 2 is 1.90 bits per heavy atom. The summed E-state index contributed by atoms with van der Waals surface area (Å²) in [4.78, 5) is 16.4. The Kier molecular flexibility index (Phi) is 6.68. The summed E-state index contributed by atoms with van der Waals surface area (Å²) in [6, 6.07) is 8.35. The lowest BCUT2D eigenvalue weighted by molar-refractivity contribution is 0.0702. The van der Waals surface area contributed by atoms with Crippen molar-refractivity contribution in [3.63, 3.8) is 0 Å². The fourth-order valence-corrected chi connectivity index (χ4v) is 7.32. The Bertz CT molecular complexity index is 1180. The summed E-state index contributed by atoms with van der Waals surface area (Å²) in [7, 11) is -3.45. The van der Waals surface area contributed by atoms with Crippen LogP contribution in [0.1, 0.15) is 28.9 Å². The molecule has 2 aromatic heterocycles. The van der Waals surface area contributed by atoms with Gasteiger partial charge in [0.1, 0.15) is 4.88 Å². The Morgan fingerprint density at radius 3 is 2.55 bits per heavy atom. The number of hydrogen-bond acceptors (Lipinski definition) is 8. The van der Waals surface area contributed by atoms with Gasteiger partial charge < -0.3 is 10.4 Å². The fourth-order valence-electron chi connectivity index (χ4n) is 3.35. The number of carboxylic acids is 1. The minimum atomic E-state index is -3.45. The van der Waals surface area contributed by atoms with Crippen LogP contribution in [0, 0.1) is 0 Å². The summed E-state index contributed by atoms with van der Waals surface area (Å²) in [5.74, 6) is -0.945. The summed E-state index contributed by atoms with van der Waals surface area (Å²) >= 11 is 4.14. The first-order valence-electron chi connectivity index (χ1n) is 9.63. The van der Waals surface area contributed by atoms with Crippen molar-refractivity contribution in [2.45, 2.75) is 28.4 Å². The zero-order valence-electron chi connectivity index (χ0n) is 16.7. The van der Waals surface area contributed by atoms with Crippen LogP contribution in [0.5, 0.6) is 0 Å². The van der Waals surface area contributed by atoms with Crippen molar-refractivity contribution < 1.29 is 18.3 Å². The highest BCUT2D eigenvalue weighted by Crippen LogP contribution is 2.39. The number of aromatic carboxylic acids is 1. The zero-order chi connectivity index (χ0) is 22.0. The Balaban J connectivity index is 1.50. The molecule has 1 aliphatic rings. The number of sulfonamides is 1. The van der Waals surface area contributed by atoms with E-state index in [4.69, 9.17) is 0 Å². The molecule has 0 unspecified atom stereocenters. The number of nitrogens with zero attached hydrogens (tertiary/aromatic N) is 2. The number of carbonyl (C=O) groups is 1. The Hall–Kier alpha value is -1.92. The molecule has 0 radical (unpaired) electrons. The second-order valence-corrected chi connectivity index (χ2v) is 11.9. The minimum absolute atomic E-state index is 0.285. The number of hydrogen-bond donors (Lipinski definition) is 2. The topological polar surface area (TPSA) is 99.6 Å². The van der Waals surface area contributed by atoms with Gasteiger partial charge in [-0.1, -0.05) is 6.42 Å². The molecule has 1 fully saturated rings. The molecular weight excluding hydrogens is 475 g/mol. The second kappa shape index (κ2) is 9.29. The first kappa shape index (κ1) is 22.3. The number of benzene rings is 1. The maximum atomic E-state index is 12.8. The molecule has 2 N–H and O–H groups in total. The van der Waals surface area contributed by atoms with Crippen LogP contribution >= 0.6 is 34.4 Å². The van der Waals surface area contributed by atoms with E-state index in [1.807, 2.05) is 11.6 Å². The van der Waals surface area contributed by atoms with Crippen molar-refractivity contribution in [1.82, 2.24) is 9.29 Å². The van der Waals surface area contributed by atoms with Gasteiger partial charge in [0, 0.05) is 29.7 Å². The van der Waals surface area contributed by atoms with Gasteiger partial charge in [-0.3, -0.25) is 0 Å². The average Bonchev–Trinajstić information content (AvgIpc) is 3.41. The van der Waals surface area contributed by atoms with Crippen LogP contribution < -0.4 is 5.32 Å². The van der Waals surface area contributed by atoms with E-state index < -0.39 is 16.0 Å². The molecule has 164 valence electrons. The van der Waals surface area contributed by atoms with Gasteiger partial charge in [0.05, 0.1) is 14.8 Å². The molecule has 0 spiro atoms. The van der Waals surface area contributed by atoms with Gasteiger partial charge in [-0.25, -0.2) is 18.2 Å². The van der Waals surface area contributed by atoms with Crippen LogP contribution in [0.4, 0.5) is 10.8 Å². The predicted octanol–water partition coefficient (Wildman–Crippen LogP) is 5.21. The van der Waals surface area contributed by atoms with E-state index in [1.165, 1.54) is 34.4 Å². The molecule has 7 nitrogen and oxygen atoms in total. The van der Waals surface area contributed by atoms with E-state index in [9.17, 15) is 18.3 Å². The summed E-state index contributed by atoms with van der Waals surface area (Å²) in [5.41, 5.74) is 2.26. The van der Waals surface area contributed by atoms with E-state index in [0.717, 1.165) is 34.7 Å². The zero-order valence-corrected chi connectivity index (χ0v) is 20.0. The van der Waals surface area contributed by atoms with Crippen LogP contribution in [-0.2, 0) is 10.0 Å². The molecule has 4 rings (SSSR count). The second-order valence-electron chi connectivity index (χ2n) is 6.97. The Morgan fingerprint density at radius 1 is 1.19 bits per heavy atom. The number of thioether (sulfide) groups is 1. The molecule has 3 aromatic rings. The van der Waals surface area contributed by atoms with Crippen LogP contribution in [0.3, 0.4) is 0 Å². The van der Waals surface area contributed by atoms with E-state index in [1.54, 1.807) is 34.6 Å². The van der Waals surface area contributed by atoms with Gasteiger partial charge in [0.25, 0.3) is 0 Å². The number of aromatic nitrogens is 1. The van der Waals surface area contributed by atoms with Crippen LogP contribution in [0.15, 0.2) is 44.8 Å². The van der Waals surface area contributed by atoms with Gasteiger partial charge >= 0.3 is 5.97 Å². The van der Waals surface area contributed by atoms with Gasteiger partial charge in [-0.15, -0.1) is 34.4 Å². The molecular formula is C20H21N3O4S4. The number of rotatable bonds is 7. The number of thiazole rings is 1. The molecule has 1 aromatic carbocycles. The molecule has 11 heteroatoms. The SMILES string of the molecule is CSc1sc(C(=O)O)cc1-c1csc(Nc2ccc(S(=O)(=O)N3CCCCC3)cc2)n1. The lowest BCUT2D eigenvalue weighted by Crippen LogP contribution is -2.35. The largest absolute Gasteiger partial charge is 0.477 e. The van der Waals surface area contributed by atoms with E-state index >= 15 is 0 Å². The van der Waals surface area contributed by atoms with Gasteiger partial charge in [-0.2, -0.15) is 4.31 Å². The van der Waals surface area contributed by atoms with Crippen molar-refractivity contribution in [3.8, 4) is 11.3 Å². The number of thiophene rings is 1. The van der Waals surface area contributed by atoms with Crippen LogP contribution in [0.25, 0.3) is 11.3 Å². The maximum Gasteiger partial charge on any atom is 0.345 e. The molecule has 1 aliphatic heterocycles. The number of nitrogens with one attached hydrogen (secondary N) is 1. The summed E-state index contributed by atoms with van der Waals surface area (Å²) in [5, 5.41) is 15.0. The molecule has 0 amide bonds. The monoisotopic (exact) mass is 495 g/mol. The van der Waals surface area contributed by atoms with Crippen molar-refractivity contribution in [2.75, 3.05) is 24.7 Å². The highest BCUT2D eigenvalue weighted by molar-refractivity contribution is 8.00. The number of carboxylic acid groups (broad SMARTS) is 1. The van der Waals surface area contributed by atoms with Crippen molar-refractivity contribution in [1.29, 1.82) is 0 Å². The lowest BCUT2D eigenvalue weighted by Gasteiger charge is -2.25. The molecule has 0 atom stereocenters. The first-order chi connectivity index (χ1) is 14.9. The summed E-state index contributed by atoms with van der Waals surface area (Å²) in [6.07, 6.45) is 4.79. The molecule has 31 heavy (non-hydrogen) atoms. The van der Waals surface area contributed by atoms with Gasteiger partial charge in [0.15, 0.2) is 5.13 Å². The maximum absolute atomic E-state index is 12.8. The number of piperidine rings is 1. The third kappa shape index (κ3) is 4.80. The smallest absolute Gasteiger partial charge is 0.345 e. The van der Waals surface area contributed by atoms with Gasteiger partial charge in [-0.05, 0) is 49.4 Å². The van der Waals surface area contributed by atoms with Crippen LogP contribution in [0.2, 0.25) is 0 Å². The van der Waals surface area contributed by atoms with E-state index in [0.29, 0.717) is 28.8 Å². The molecule has 3 heterocycles. The van der Waals surface area contributed by atoms with Crippen molar-refractivity contribution in [3.05, 3.63) is 40.6 Å². The fraction of sp³-hybridized carbons (Fsp3) is 0.300. The minimum Gasteiger partial charge on any atom is -0.477 e. The highest BCUT2D eigenvalue weighted by Gasteiger charge is 2.25. The lowest BCUT2D eigenvalue weighted by atomic mass is 10.2. The third-order valence-electron chi connectivity index (χ3n) is 4.93. The molecule has 1 saturated heterocycles. The summed E-state index contributed by atoms with van der Waals surface area (Å²) in [6.45, 7) is 1.16. The van der Waals surface area contributed by atoms with Crippen LogP contribution in [-0.4, -0.2) is 48.1 Å². The predicted molar refractivity (Wildman–Crippen MR) is 127 cm³/mol. The van der Waals surface area contributed by atoms with Crippen molar-refractivity contribution >= 4 is 61.2 Å². The van der Waals surface area contributed by atoms with E-state index in [-0.39, 0.29) is 4.88 Å². The van der Waals surface area contributed by atoms with Crippen molar-refractivity contribution in [2.24, 2.45) is 0 Å². The highest BCUT2D eigenvalue weighted by atomic mass is 32.2. The number of anilines is 2. The Labute approximate surface area is 193 Å². The molecule has 0 bridgehead atoms. The van der Waals surface area contributed by atoms with Gasteiger partial charge in [0.2, 0.25) is 10.0 Å². The first-order valence-corrected chi connectivity index (χ1v) is 14.0. The molecule has 0 aliphatic carbocycles. The molecule has 0 saturated carbocycles.